The van der Waals surface area contributed by atoms with Gasteiger partial charge in [0.15, 0.2) is 0 Å². The summed E-state index contributed by atoms with van der Waals surface area (Å²) in [6, 6.07) is 7.63. The molecule has 1 aromatic heterocycles. The average Bonchev–Trinajstić information content (AvgIpc) is 2.38. The number of aliphatic carboxylic acids is 1. The van der Waals surface area contributed by atoms with E-state index in [1.54, 1.807) is 20.2 Å². The predicted octanol–water partition coefficient (Wildman–Crippen LogP) is 2.51. The maximum atomic E-state index is 10.9. The van der Waals surface area contributed by atoms with Crippen molar-refractivity contribution < 1.29 is 14.6 Å². The van der Waals surface area contributed by atoms with Gasteiger partial charge in [0.25, 0.3) is 0 Å². The number of aromatic nitrogens is 1. The first-order chi connectivity index (χ1) is 8.61. The molecule has 2 rings (SSSR count). The topological polar surface area (TPSA) is 59.4 Å². The molecule has 0 fully saturated rings. The van der Waals surface area contributed by atoms with Crippen molar-refractivity contribution in [3.8, 4) is 5.75 Å². The lowest BCUT2D eigenvalue weighted by Crippen LogP contribution is -2.13. The molecule has 0 radical (unpaired) electrons. The summed E-state index contributed by atoms with van der Waals surface area (Å²) in [5.41, 5.74) is 0.793. The second-order valence-electron chi connectivity index (χ2n) is 4.29. The molecule has 94 valence electrons. The van der Waals surface area contributed by atoms with E-state index in [1.165, 1.54) is 0 Å². The Bertz CT molecular complexity index is 580. The average molecular weight is 245 g/mol. The molecule has 4 heteroatoms. The zero-order chi connectivity index (χ0) is 13.1. The number of methoxy groups -OCH3 is 1. The lowest BCUT2D eigenvalue weighted by Gasteiger charge is -2.09. The summed E-state index contributed by atoms with van der Waals surface area (Å²) in [5, 5.41) is 11.0. The van der Waals surface area contributed by atoms with Gasteiger partial charge in [0.05, 0.1) is 13.0 Å². The van der Waals surface area contributed by atoms with Crippen molar-refractivity contribution in [1.82, 2.24) is 4.98 Å². The number of pyridine rings is 1. The third-order valence-corrected chi connectivity index (χ3v) is 2.98. The van der Waals surface area contributed by atoms with E-state index in [1.807, 2.05) is 24.3 Å². The number of hydrogen-bond acceptors (Lipinski definition) is 3. The minimum Gasteiger partial charge on any atom is -0.497 e. The largest absolute Gasteiger partial charge is 0.497 e. The molecule has 1 atom stereocenters. The molecule has 0 saturated carbocycles. The third kappa shape index (κ3) is 2.42. The number of benzene rings is 1. The predicted molar refractivity (Wildman–Crippen MR) is 68.8 cm³/mol. The first kappa shape index (κ1) is 12.4. The van der Waals surface area contributed by atoms with E-state index >= 15 is 0 Å². The first-order valence-corrected chi connectivity index (χ1v) is 5.76. The first-order valence-electron chi connectivity index (χ1n) is 5.76. The normalized spacial score (nSPS) is 12.3. The molecule has 1 aromatic carbocycles. The van der Waals surface area contributed by atoms with Gasteiger partial charge in [-0.25, -0.2) is 0 Å². The summed E-state index contributed by atoms with van der Waals surface area (Å²) in [4.78, 5) is 15.2. The highest BCUT2D eigenvalue weighted by Crippen LogP contribution is 2.24. The number of carbonyl (C=O) groups is 1. The monoisotopic (exact) mass is 245 g/mol. The van der Waals surface area contributed by atoms with Crippen LogP contribution in [0.4, 0.5) is 0 Å². The molecule has 0 aliphatic carbocycles. The molecule has 0 aliphatic heterocycles. The molecule has 1 N–H and O–H groups in total. The highest BCUT2D eigenvalue weighted by Gasteiger charge is 2.14. The Hall–Kier alpha value is -2.10. The zero-order valence-corrected chi connectivity index (χ0v) is 10.4. The van der Waals surface area contributed by atoms with E-state index in [-0.39, 0.29) is 0 Å². The molecule has 2 aromatic rings. The molecule has 0 bridgehead atoms. The van der Waals surface area contributed by atoms with Gasteiger partial charge in [0.2, 0.25) is 0 Å². The second-order valence-corrected chi connectivity index (χ2v) is 4.29. The van der Waals surface area contributed by atoms with Gasteiger partial charge in [-0.2, -0.15) is 0 Å². The van der Waals surface area contributed by atoms with Gasteiger partial charge in [-0.15, -0.1) is 0 Å². The van der Waals surface area contributed by atoms with Crippen molar-refractivity contribution in [2.45, 2.75) is 13.3 Å². The van der Waals surface area contributed by atoms with Gasteiger partial charge < -0.3 is 9.84 Å². The fourth-order valence-corrected chi connectivity index (χ4v) is 1.87. The minimum absolute atomic E-state index is 0.417. The van der Waals surface area contributed by atoms with Crippen molar-refractivity contribution in [2.24, 2.45) is 5.92 Å². The van der Waals surface area contributed by atoms with Gasteiger partial charge in [-0.3, -0.25) is 9.78 Å². The smallest absolute Gasteiger partial charge is 0.306 e. The van der Waals surface area contributed by atoms with Crippen molar-refractivity contribution in [2.75, 3.05) is 7.11 Å². The van der Waals surface area contributed by atoms with E-state index in [4.69, 9.17) is 9.84 Å². The molecular weight excluding hydrogens is 230 g/mol. The van der Waals surface area contributed by atoms with Crippen LogP contribution in [0.3, 0.4) is 0 Å². The van der Waals surface area contributed by atoms with Gasteiger partial charge in [-0.1, -0.05) is 13.0 Å². The Morgan fingerprint density at radius 1 is 1.44 bits per heavy atom. The van der Waals surface area contributed by atoms with Crippen molar-refractivity contribution in [3.05, 3.63) is 36.2 Å². The highest BCUT2D eigenvalue weighted by atomic mass is 16.5. The number of carboxylic acids is 1. The number of rotatable bonds is 4. The van der Waals surface area contributed by atoms with Crippen molar-refractivity contribution >= 4 is 16.7 Å². The third-order valence-electron chi connectivity index (χ3n) is 2.98. The maximum Gasteiger partial charge on any atom is 0.306 e. The number of ether oxygens (including phenoxy) is 1. The SMILES string of the molecule is COc1ccc2ccnc(CC(C)C(=O)O)c2c1. The van der Waals surface area contributed by atoms with Crippen LogP contribution in [0.15, 0.2) is 30.5 Å². The molecule has 0 saturated heterocycles. The van der Waals surface area contributed by atoms with E-state index in [2.05, 4.69) is 4.98 Å². The molecule has 1 heterocycles. The van der Waals surface area contributed by atoms with Crippen LogP contribution in [0.1, 0.15) is 12.6 Å². The lowest BCUT2D eigenvalue weighted by molar-refractivity contribution is -0.141. The van der Waals surface area contributed by atoms with E-state index in [0.29, 0.717) is 6.42 Å². The Kier molecular flexibility index (Phi) is 3.46. The summed E-state index contributed by atoms with van der Waals surface area (Å²) in [5.74, 6) is -0.509. The number of nitrogens with zero attached hydrogens (tertiary/aromatic N) is 1. The van der Waals surface area contributed by atoms with Crippen LogP contribution < -0.4 is 4.74 Å². The van der Waals surface area contributed by atoms with Crippen molar-refractivity contribution in [1.29, 1.82) is 0 Å². The molecule has 18 heavy (non-hydrogen) atoms. The van der Waals surface area contributed by atoms with Crippen LogP contribution in [0.2, 0.25) is 0 Å². The van der Waals surface area contributed by atoms with Crippen LogP contribution in [-0.2, 0) is 11.2 Å². The number of carboxylic acid groups (broad SMARTS) is 1. The summed E-state index contributed by atoms with van der Waals surface area (Å²) >= 11 is 0. The fourth-order valence-electron chi connectivity index (χ4n) is 1.87. The molecule has 4 nitrogen and oxygen atoms in total. The molecular formula is C14H15NO3. The van der Waals surface area contributed by atoms with E-state index in [0.717, 1.165) is 22.2 Å². The van der Waals surface area contributed by atoms with Gasteiger partial charge >= 0.3 is 5.97 Å². The van der Waals surface area contributed by atoms with Crippen molar-refractivity contribution in [3.63, 3.8) is 0 Å². The molecule has 0 aliphatic rings. The van der Waals surface area contributed by atoms with Gasteiger partial charge in [0.1, 0.15) is 5.75 Å². The quantitative estimate of drug-likeness (QED) is 0.899. The van der Waals surface area contributed by atoms with Gasteiger partial charge in [-0.05, 0) is 23.6 Å². The standard InChI is InChI=1S/C14H15NO3/c1-9(14(16)17)7-13-12-8-11(18-2)4-3-10(12)5-6-15-13/h3-6,8-9H,7H2,1-2H3,(H,16,17). The summed E-state index contributed by atoms with van der Waals surface area (Å²) < 4.78 is 5.19. The molecule has 1 unspecified atom stereocenters. The Balaban J connectivity index is 2.46. The lowest BCUT2D eigenvalue weighted by atomic mass is 10.0. The Labute approximate surface area is 105 Å². The zero-order valence-electron chi connectivity index (χ0n) is 10.4. The maximum absolute atomic E-state index is 10.9. The van der Waals surface area contributed by atoms with Gasteiger partial charge in [0, 0.05) is 23.7 Å². The number of fused-ring (bicyclic) bond motifs is 1. The summed E-state index contributed by atoms with van der Waals surface area (Å²) in [6.45, 7) is 1.68. The minimum atomic E-state index is -0.809. The highest BCUT2D eigenvalue weighted by molar-refractivity contribution is 5.86. The van der Waals surface area contributed by atoms with Crippen LogP contribution in [0, 0.1) is 5.92 Å². The fraction of sp³-hybridized carbons (Fsp3) is 0.286. The summed E-state index contributed by atoms with van der Waals surface area (Å²) in [7, 11) is 1.61. The molecule has 0 amide bonds. The van der Waals surface area contributed by atoms with Crippen LogP contribution in [0.5, 0.6) is 5.75 Å². The Morgan fingerprint density at radius 2 is 2.22 bits per heavy atom. The van der Waals surface area contributed by atoms with Crippen LogP contribution in [-0.4, -0.2) is 23.2 Å². The summed E-state index contributed by atoms with van der Waals surface area (Å²) in [6.07, 6.45) is 2.12. The second kappa shape index (κ2) is 5.04. The van der Waals surface area contributed by atoms with E-state index in [9.17, 15) is 4.79 Å². The number of hydrogen-bond donors (Lipinski definition) is 1. The van der Waals surface area contributed by atoms with Crippen LogP contribution in [0.25, 0.3) is 10.8 Å². The van der Waals surface area contributed by atoms with Crippen LogP contribution >= 0.6 is 0 Å². The van der Waals surface area contributed by atoms with E-state index < -0.39 is 11.9 Å². The molecule has 0 spiro atoms. The Morgan fingerprint density at radius 3 is 2.89 bits per heavy atom.